The molecule has 8 nitrogen and oxygen atoms in total. The monoisotopic (exact) mass is 284 g/mol. The lowest BCUT2D eigenvalue weighted by Crippen LogP contribution is -2.29. The summed E-state index contributed by atoms with van der Waals surface area (Å²) in [6.07, 6.45) is 5.26. The summed E-state index contributed by atoms with van der Waals surface area (Å²) in [5, 5.41) is 8.09. The van der Waals surface area contributed by atoms with E-state index in [2.05, 4.69) is 19.9 Å². The summed E-state index contributed by atoms with van der Waals surface area (Å²) in [6, 6.07) is 1.49. The van der Waals surface area contributed by atoms with Crippen LogP contribution in [-0.2, 0) is 23.1 Å². The Morgan fingerprint density at radius 3 is 2.84 bits per heavy atom. The highest BCUT2D eigenvalue weighted by molar-refractivity contribution is 7.89. The van der Waals surface area contributed by atoms with E-state index in [1.807, 2.05) is 6.92 Å². The van der Waals surface area contributed by atoms with Gasteiger partial charge < -0.3 is 0 Å². The van der Waals surface area contributed by atoms with Crippen molar-refractivity contribution in [1.29, 1.82) is 0 Å². The minimum Gasteiger partial charge on any atom is -0.253 e. The Labute approximate surface area is 111 Å². The smallest absolute Gasteiger partial charge is 0.253 e. The van der Waals surface area contributed by atoms with Crippen molar-refractivity contribution in [1.82, 2.24) is 29.3 Å². The molecular weight excluding hydrogens is 268 g/mol. The molecular formula is C10H16N6O2S. The molecule has 9 heteroatoms. The number of nitrogens with zero attached hydrogens (tertiary/aromatic N) is 5. The Kier molecular flexibility index (Phi) is 4.27. The summed E-state index contributed by atoms with van der Waals surface area (Å²) >= 11 is 0. The largest absolute Gasteiger partial charge is 0.257 e. The van der Waals surface area contributed by atoms with Crippen LogP contribution in [0.25, 0.3) is 0 Å². The zero-order valence-corrected chi connectivity index (χ0v) is 11.4. The van der Waals surface area contributed by atoms with Crippen molar-refractivity contribution in [2.45, 2.75) is 31.5 Å². The third kappa shape index (κ3) is 3.38. The van der Waals surface area contributed by atoms with Gasteiger partial charge in [-0.05, 0) is 12.5 Å². The Bertz CT molecular complexity index is 604. The Morgan fingerprint density at radius 2 is 2.16 bits per heavy atom. The second-order valence-corrected chi connectivity index (χ2v) is 5.66. The normalized spacial score (nSPS) is 11.8. The second-order valence-electron chi connectivity index (χ2n) is 3.95. The predicted molar refractivity (Wildman–Crippen MR) is 67.7 cm³/mol. The summed E-state index contributed by atoms with van der Waals surface area (Å²) in [6.45, 7) is 3.23. The highest BCUT2D eigenvalue weighted by Crippen LogP contribution is 2.08. The maximum atomic E-state index is 12.1. The molecule has 2 aromatic rings. The fourth-order valence-electron chi connectivity index (χ4n) is 1.65. The number of aryl methyl sites for hydroxylation is 1. The average Bonchev–Trinajstić information content (AvgIpc) is 3.00. The van der Waals surface area contributed by atoms with Crippen molar-refractivity contribution >= 4 is 10.0 Å². The molecule has 0 bridgehead atoms. The standard InChI is InChI=1S/C10H16N6O2S/c1-2-6-16-10(3-4-12-16)19(17,18)14-5-7-15-9-11-8-13-15/h3-4,8-9,14H,2,5-7H2,1H3. The van der Waals surface area contributed by atoms with E-state index < -0.39 is 10.0 Å². The molecule has 0 amide bonds. The zero-order valence-electron chi connectivity index (χ0n) is 10.6. The lowest BCUT2D eigenvalue weighted by Gasteiger charge is -2.08. The van der Waals surface area contributed by atoms with Crippen LogP contribution in [-0.4, -0.2) is 39.5 Å². The molecule has 0 aromatic carbocycles. The lowest BCUT2D eigenvalue weighted by atomic mass is 10.5. The van der Waals surface area contributed by atoms with Gasteiger partial charge in [0.15, 0.2) is 5.03 Å². The molecule has 0 aliphatic rings. The Balaban J connectivity index is 1.99. The van der Waals surface area contributed by atoms with Crippen LogP contribution in [0.1, 0.15) is 13.3 Å². The minimum atomic E-state index is -3.53. The number of sulfonamides is 1. The summed E-state index contributed by atoms with van der Waals surface area (Å²) in [7, 11) is -3.53. The molecule has 0 radical (unpaired) electrons. The SMILES string of the molecule is CCCn1nccc1S(=O)(=O)NCCn1cncn1. The van der Waals surface area contributed by atoms with Crippen LogP contribution >= 0.6 is 0 Å². The van der Waals surface area contributed by atoms with Crippen LogP contribution in [0.4, 0.5) is 0 Å². The second kappa shape index (κ2) is 5.93. The van der Waals surface area contributed by atoms with Crippen LogP contribution in [0.2, 0.25) is 0 Å². The van der Waals surface area contributed by atoms with E-state index in [1.165, 1.54) is 29.6 Å². The molecule has 0 spiro atoms. The number of nitrogens with one attached hydrogen (secondary N) is 1. The quantitative estimate of drug-likeness (QED) is 0.764. The Hall–Kier alpha value is -1.74. The lowest BCUT2D eigenvalue weighted by molar-refractivity contribution is 0.518. The molecule has 2 heterocycles. The van der Waals surface area contributed by atoms with Gasteiger partial charge >= 0.3 is 0 Å². The first-order valence-corrected chi connectivity index (χ1v) is 7.45. The fourth-order valence-corrected chi connectivity index (χ4v) is 2.81. The van der Waals surface area contributed by atoms with Crippen molar-refractivity contribution < 1.29 is 8.42 Å². The highest BCUT2D eigenvalue weighted by Gasteiger charge is 2.18. The van der Waals surface area contributed by atoms with Gasteiger partial charge in [-0.25, -0.2) is 18.1 Å². The number of hydrogen-bond acceptors (Lipinski definition) is 5. The van der Waals surface area contributed by atoms with Gasteiger partial charge in [0.1, 0.15) is 12.7 Å². The topological polar surface area (TPSA) is 94.7 Å². The number of aromatic nitrogens is 5. The number of hydrogen-bond donors (Lipinski definition) is 1. The molecule has 104 valence electrons. The van der Waals surface area contributed by atoms with Crippen molar-refractivity contribution in [2.75, 3.05) is 6.54 Å². The van der Waals surface area contributed by atoms with Gasteiger partial charge in [0.2, 0.25) is 0 Å². The fraction of sp³-hybridized carbons (Fsp3) is 0.500. The third-order valence-corrected chi connectivity index (χ3v) is 3.97. The van der Waals surface area contributed by atoms with Gasteiger partial charge in [-0.3, -0.25) is 9.36 Å². The van der Waals surface area contributed by atoms with Gasteiger partial charge in [0, 0.05) is 13.1 Å². The van der Waals surface area contributed by atoms with Crippen molar-refractivity contribution in [2.24, 2.45) is 0 Å². The molecule has 0 unspecified atom stereocenters. The van der Waals surface area contributed by atoms with E-state index in [0.29, 0.717) is 13.1 Å². The first-order valence-electron chi connectivity index (χ1n) is 5.97. The van der Waals surface area contributed by atoms with E-state index in [0.717, 1.165) is 6.42 Å². The van der Waals surface area contributed by atoms with E-state index in [4.69, 9.17) is 0 Å². The summed E-state index contributed by atoms with van der Waals surface area (Å²) in [4.78, 5) is 3.79. The molecule has 0 aliphatic heterocycles. The average molecular weight is 284 g/mol. The molecule has 2 rings (SSSR count). The molecule has 0 atom stereocenters. The molecule has 19 heavy (non-hydrogen) atoms. The predicted octanol–water partition coefficient (Wildman–Crippen LogP) is -0.137. The summed E-state index contributed by atoms with van der Waals surface area (Å²) < 4.78 is 29.8. The third-order valence-electron chi connectivity index (χ3n) is 2.49. The van der Waals surface area contributed by atoms with Crippen LogP contribution in [0, 0.1) is 0 Å². The first kappa shape index (κ1) is 13.7. The summed E-state index contributed by atoms with van der Waals surface area (Å²) in [5.74, 6) is 0. The van der Waals surface area contributed by atoms with Crippen molar-refractivity contribution in [3.05, 3.63) is 24.9 Å². The van der Waals surface area contributed by atoms with Crippen LogP contribution in [0.5, 0.6) is 0 Å². The van der Waals surface area contributed by atoms with Crippen LogP contribution < -0.4 is 4.72 Å². The molecule has 0 saturated heterocycles. The van der Waals surface area contributed by atoms with Gasteiger partial charge in [-0.15, -0.1) is 0 Å². The Morgan fingerprint density at radius 1 is 1.32 bits per heavy atom. The molecule has 0 fully saturated rings. The van der Waals surface area contributed by atoms with E-state index in [9.17, 15) is 8.42 Å². The van der Waals surface area contributed by atoms with E-state index >= 15 is 0 Å². The molecule has 1 N–H and O–H groups in total. The van der Waals surface area contributed by atoms with E-state index in [-0.39, 0.29) is 11.6 Å². The highest BCUT2D eigenvalue weighted by atomic mass is 32.2. The zero-order chi connectivity index (χ0) is 13.7. The van der Waals surface area contributed by atoms with Crippen LogP contribution in [0.15, 0.2) is 29.9 Å². The number of rotatable bonds is 7. The van der Waals surface area contributed by atoms with Gasteiger partial charge in [0.05, 0.1) is 12.7 Å². The molecule has 0 saturated carbocycles. The minimum absolute atomic E-state index is 0.188. The van der Waals surface area contributed by atoms with E-state index in [1.54, 1.807) is 4.68 Å². The van der Waals surface area contributed by atoms with Gasteiger partial charge in [-0.1, -0.05) is 6.92 Å². The maximum Gasteiger partial charge on any atom is 0.257 e. The molecule has 0 aliphatic carbocycles. The van der Waals surface area contributed by atoms with Crippen molar-refractivity contribution in [3.63, 3.8) is 0 Å². The first-order chi connectivity index (χ1) is 9.13. The maximum absolute atomic E-state index is 12.1. The van der Waals surface area contributed by atoms with Crippen LogP contribution in [0.3, 0.4) is 0 Å². The summed E-state index contributed by atoms with van der Waals surface area (Å²) in [5.41, 5.74) is 0. The van der Waals surface area contributed by atoms with Gasteiger partial charge in [0.25, 0.3) is 10.0 Å². The van der Waals surface area contributed by atoms with Gasteiger partial charge in [-0.2, -0.15) is 10.2 Å². The van der Waals surface area contributed by atoms with Crippen molar-refractivity contribution in [3.8, 4) is 0 Å². The molecule has 2 aromatic heterocycles.